The van der Waals surface area contributed by atoms with Gasteiger partial charge in [-0.1, -0.05) is 42.0 Å². The van der Waals surface area contributed by atoms with Gasteiger partial charge in [-0.05, 0) is 36.6 Å². The Kier molecular flexibility index (Phi) is 5.13. The lowest BCUT2D eigenvalue weighted by molar-refractivity contribution is -0.140. The second-order valence-electron chi connectivity index (χ2n) is 6.42. The van der Waals surface area contributed by atoms with Crippen LogP contribution in [0.3, 0.4) is 0 Å². The van der Waals surface area contributed by atoms with Crippen LogP contribution in [0.5, 0.6) is 0 Å². The predicted octanol–water partition coefficient (Wildman–Crippen LogP) is 3.61. The maximum Gasteiger partial charge on any atom is 0.312 e. The monoisotopic (exact) mass is 355 g/mol. The van der Waals surface area contributed by atoms with Gasteiger partial charge in [-0.2, -0.15) is 0 Å². The molecule has 0 fully saturated rings. The van der Waals surface area contributed by atoms with Crippen molar-refractivity contribution in [2.75, 3.05) is 12.3 Å². The summed E-state index contributed by atoms with van der Waals surface area (Å²) in [6.45, 7) is 4.80. The summed E-state index contributed by atoms with van der Waals surface area (Å²) in [6.07, 6.45) is 0. The van der Waals surface area contributed by atoms with Gasteiger partial charge in [-0.15, -0.1) is 11.8 Å². The standard InChI is InChI=1S/C20H21NO3S/c1-13-7-8-18(14(2)9-13)25-12-19(22)21-10-15-5-3-4-6-16(15)17(11-21)20(23)24/h3-9,17H,10-12H2,1-2H3,(H,23,24). The van der Waals surface area contributed by atoms with Crippen molar-refractivity contribution < 1.29 is 14.7 Å². The molecule has 1 amide bonds. The fourth-order valence-electron chi connectivity index (χ4n) is 3.20. The Hall–Kier alpha value is -2.27. The summed E-state index contributed by atoms with van der Waals surface area (Å²) in [5.74, 6) is -1.24. The second kappa shape index (κ2) is 7.31. The molecular weight excluding hydrogens is 334 g/mol. The molecule has 0 radical (unpaired) electrons. The maximum atomic E-state index is 12.6. The number of hydrogen-bond donors (Lipinski definition) is 1. The van der Waals surface area contributed by atoms with Crippen molar-refractivity contribution in [2.45, 2.75) is 31.2 Å². The zero-order valence-corrected chi connectivity index (χ0v) is 15.2. The van der Waals surface area contributed by atoms with E-state index in [4.69, 9.17) is 0 Å². The third-order valence-electron chi connectivity index (χ3n) is 4.53. The Morgan fingerprint density at radius 1 is 1.20 bits per heavy atom. The zero-order chi connectivity index (χ0) is 18.0. The van der Waals surface area contributed by atoms with Crippen molar-refractivity contribution in [2.24, 2.45) is 0 Å². The Morgan fingerprint density at radius 2 is 1.96 bits per heavy atom. The van der Waals surface area contributed by atoms with Crippen LogP contribution in [0.1, 0.15) is 28.2 Å². The number of nitrogens with zero attached hydrogens (tertiary/aromatic N) is 1. The third kappa shape index (κ3) is 3.87. The molecular formula is C20H21NO3S. The molecule has 130 valence electrons. The van der Waals surface area contributed by atoms with Crippen LogP contribution in [0.4, 0.5) is 0 Å². The molecule has 1 N–H and O–H groups in total. The lowest BCUT2D eigenvalue weighted by Gasteiger charge is -2.32. The molecule has 0 aromatic heterocycles. The minimum absolute atomic E-state index is 0.0225. The van der Waals surface area contributed by atoms with Gasteiger partial charge in [-0.25, -0.2) is 0 Å². The number of benzene rings is 2. The van der Waals surface area contributed by atoms with Crippen LogP contribution in [0.25, 0.3) is 0 Å². The minimum Gasteiger partial charge on any atom is -0.481 e. The van der Waals surface area contributed by atoms with Crippen molar-refractivity contribution in [1.29, 1.82) is 0 Å². The number of thioether (sulfide) groups is 1. The second-order valence-corrected chi connectivity index (χ2v) is 7.44. The molecule has 0 saturated heterocycles. The summed E-state index contributed by atoms with van der Waals surface area (Å²) in [4.78, 5) is 27.0. The average molecular weight is 355 g/mol. The van der Waals surface area contributed by atoms with Gasteiger partial charge >= 0.3 is 5.97 Å². The summed E-state index contributed by atoms with van der Waals surface area (Å²) < 4.78 is 0. The van der Waals surface area contributed by atoms with Gasteiger partial charge in [0, 0.05) is 18.0 Å². The predicted molar refractivity (Wildman–Crippen MR) is 98.9 cm³/mol. The Labute approximate surface area is 151 Å². The summed E-state index contributed by atoms with van der Waals surface area (Å²) in [6, 6.07) is 13.7. The van der Waals surface area contributed by atoms with E-state index in [0.717, 1.165) is 21.6 Å². The molecule has 4 nitrogen and oxygen atoms in total. The van der Waals surface area contributed by atoms with Crippen molar-refractivity contribution in [3.63, 3.8) is 0 Å². The minimum atomic E-state index is -0.882. The summed E-state index contributed by atoms with van der Waals surface area (Å²) in [7, 11) is 0. The molecule has 1 heterocycles. The van der Waals surface area contributed by atoms with Crippen molar-refractivity contribution in [1.82, 2.24) is 4.90 Å². The lowest BCUT2D eigenvalue weighted by atomic mass is 9.90. The average Bonchev–Trinajstić information content (AvgIpc) is 2.59. The van der Waals surface area contributed by atoms with E-state index in [1.807, 2.05) is 50.2 Å². The van der Waals surface area contributed by atoms with E-state index < -0.39 is 11.9 Å². The molecule has 2 aromatic carbocycles. The van der Waals surface area contributed by atoms with Gasteiger partial charge in [0.25, 0.3) is 0 Å². The maximum absolute atomic E-state index is 12.6. The number of rotatable bonds is 4. The summed E-state index contributed by atoms with van der Waals surface area (Å²) in [5.41, 5.74) is 4.10. The highest BCUT2D eigenvalue weighted by molar-refractivity contribution is 8.00. The van der Waals surface area contributed by atoms with Gasteiger partial charge in [0.15, 0.2) is 0 Å². The Balaban J connectivity index is 1.71. The molecule has 0 spiro atoms. The van der Waals surface area contributed by atoms with Crippen LogP contribution in [0.2, 0.25) is 0 Å². The molecule has 5 heteroatoms. The van der Waals surface area contributed by atoms with E-state index in [-0.39, 0.29) is 12.5 Å². The number of carbonyl (C=O) groups excluding carboxylic acids is 1. The lowest BCUT2D eigenvalue weighted by Crippen LogP contribution is -2.41. The largest absolute Gasteiger partial charge is 0.481 e. The SMILES string of the molecule is Cc1ccc(SCC(=O)N2Cc3ccccc3C(C(=O)O)C2)c(C)c1. The van der Waals surface area contributed by atoms with E-state index in [1.54, 1.807) is 4.90 Å². The quantitative estimate of drug-likeness (QED) is 0.851. The number of carboxylic acids is 1. The highest BCUT2D eigenvalue weighted by Gasteiger charge is 2.32. The number of fused-ring (bicyclic) bond motifs is 1. The van der Waals surface area contributed by atoms with Gasteiger partial charge in [0.05, 0.1) is 11.7 Å². The van der Waals surface area contributed by atoms with Crippen LogP contribution in [0, 0.1) is 13.8 Å². The van der Waals surface area contributed by atoms with Crippen molar-refractivity contribution >= 4 is 23.6 Å². The molecule has 0 aliphatic carbocycles. The molecule has 3 rings (SSSR count). The molecule has 1 atom stereocenters. The molecule has 0 bridgehead atoms. The van der Waals surface area contributed by atoms with Crippen LogP contribution < -0.4 is 0 Å². The number of carboxylic acid groups (broad SMARTS) is 1. The fourth-order valence-corrected chi connectivity index (χ4v) is 4.11. The van der Waals surface area contributed by atoms with Crippen LogP contribution in [0.15, 0.2) is 47.4 Å². The summed E-state index contributed by atoms with van der Waals surface area (Å²) >= 11 is 1.51. The van der Waals surface area contributed by atoms with Crippen molar-refractivity contribution in [3.8, 4) is 0 Å². The smallest absolute Gasteiger partial charge is 0.312 e. The molecule has 25 heavy (non-hydrogen) atoms. The number of amides is 1. The number of hydrogen-bond acceptors (Lipinski definition) is 3. The van der Waals surface area contributed by atoms with Crippen LogP contribution in [-0.4, -0.2) is 34.2 Å². The molecule has 0 saturated carbocycles. The van der Waals surface area contributed by atoms with Crippen LogP contribution in [-0.2, 0) is 16.1 Å². The van der Waals surface area contributed by atoms with Gasteiger partial charge in [-0.3, -0.25) is 9.59 Å². The molecule has 1 aliphatic heterocycles. The normalized spacial score (nSPS) is 16.4. The van der Waals surface area contributed by atoms with E-state index in [1.165, 1.54) is 17.3 Å². The highest BCUT2D eigenvalue weighted by Crippen LogP contribution is 2.30. The van der Waals surface area contributed by atoms with E-state index >= 15 is 0 Å². The number of aliphatic carboxylic acids is 1. The van der Waals surface area contributed by atoms with E-state index in [0.29, 0.717) is 12.3 Å². The number of carbonyl (C=O) groups is 2. The van der Waals surface area contributed by atoms with Gasteiger partial charge < -0.3 is 10.0 Å². The zero-order valence-electron chi connectivity index (χ0n) is 14.4. The molecule has 1 aliphatic rings. The Bertz CT molecular complexity index is 818. The fraction of sp³-hybridized carbons (Fsp3) is 0.300. The highest BCUT2D eigenvalue weighted by atomic mass is 32.2. The first-order valence-corrected chi connectivity index (χ1v) is 9.22. The molecule has 2 aromatic rings. The Morgan fingerprint density at radius 3 is 2.68 bits per heavy atom. The van der Waals surface area contributed by atoms with Gasteiger partial charge in [0.1, 0.15) is 0 Å². The van der Waals surface area contributed by atoms with Crippen molar-refractivity contribution in [3.05, 3.63) is 64.7 Å². The van der Waals surface area contributed by atoms with E-state index in [9.17, 15) is 14.7 Å². The first-order valence-electron chi connectivity index (χ1n) is 8.24. The third-order valence-corrected chi connectivity index (χ3v) is 5.69. The first-order chi connectivity index (χ1) is 12.0. The number of aryl methyl sites for hydroxylation is 2. The summed E-state index contributed by atoms with van der Waals surface area (Å²) in [5, 5.41) is 9.51. The first kappa shape index (κ1) is 17.5. The van der Waals surface area contributed by atoms with E-state index in [2.05, 4.69) is 6.07 Å². The van der Waals surface area contributed by atoms with Gasteiger partial charge in [0.2, 0.25) is 5.91 Å². The molecule has 1 unspecified atom stereocenters. The topological polar surface area (TPSA) is 57.6 Å². The van der Waals surface area contributed by atoms with Crippen LogP contribution >= 0.6 is 11.8 Å².